The van der Waals surface area contributed by atoms with Gasteiger partial charge in [0.1, 0.15) is 0 Å². The van der Waals surface area contributed by atoms with Gasteiger partial charge in [0, 0.05) is 12.6 Å². The molecular formula is C10H22N2. The average molecular weight is 170 g/mol. The Morgan fingerprint density at radius 1 is 1.33 bits per heavy atom. The van der Waals surface area contributed by atoms with Gasteiger partial charge < -0.3 is 10.6 Å². The summed E-state index contributed by atoms with van der Waals surface area (Å²) >= 11 is 0. The maximum Gasteiger partial charge on any atom is 0.0214 e. The lowest BCUT2D eigenvalue weighted by Gasteiger charge is -2.25. The van der Waals surface area contributed by atoms with Crippen molar-refractivity contribution in [2.24, 2.45) is 11.7 Å². The summed E-state index contributed by atoms with van der Waals surface area (Å²) in [6.45, 7) is 0.809. The number of nitrogens with two attached hydrogens (primary N) is 1. The van der Waals surface area contributed by atoms with E-state index in [0.717, 1.165) is 12.5 Å². The van der Waals surface area contributed by atoms with Crippen LogP contribution in [0, 0.1) is 5.92 Å². The second-order valence-electron chi connectivity index (χ2n) is 4.24. The molecule has 0 saturated heterocycles. The quantitative estimate of drug-likeness (QED) is 0.692. The summed E-state index contributed by atoms with van der Waals surface area (Å²) < 4.78 is 0. The van der Waals surface area contributed by atoms with E-state index in [4.69, 9.17) is 5.73 Å². The monoisotopic (exact) mass is 170 g/mol. The van der Waals surface area contributed by atoms with Crippen molar-refractivity contribution in [1.82, 2.24) is 4.90 Å². The first-order valence-corrected chi connectivity index (χ1v) is 5.10. The van der Waals surface area contributed by atoms with E-state index in [2.05, 4.69) is 19.0 Å². The molecule has 1 unspecified atom stereocenters. The smallest absolute Gasteiger partial charge is 0.0214 e. The molecule has 0 heterocycles. The van der Waals surface area contributed by atoms with Gasteiger partial charge in [0.15, 0.2) is 0 Å². The Bertz CT molecular complexity index is 117. The van der Waals surface area contributed by atoms with Crippen molar-refractivity contribution >= 4 is 0 Å². The first-order valence-electron chi connectivity index (χ1n) is 5.10. The van der Waals surface area contributed by atoms with Crippen LogP contribution in [0.3, 0.4) is 0 Å². The molecular weight excluding hydrogens is 148 g/mol. The van der Waals surface area contributed by atoms with Gasteiger partial charge in [-0.15, -0.1) is 0 Å². The van der Waals surface area contributed by atoms with Gasteiger partial charge in [-0.2, -0.15) is 0 Å². The van der Waals surface area contributed by atoms with Crippen LogP contribution >= 0.6 is 0 Å². The molecule has 0 amide bonds. The predicted octanol–water partition coefficient (Wildman–Crippen LogP) is 1.46. The molecule has 0 aromatic heterocycles. The third kappa shape index (κ3) is 2.76. The molecule has 1 rings (SSSR count). The van der Waals surface area contributed by atoms with Crippen LogP contribution in [0.1, 0.15) is 32.1 Å². The van der Waals surface area contributed by atoms with Gasteiger partial charge >= 0.3 is 0 Å². The molecule has 2 N–H and O–H groups in total. The van der Waals surface area contributed by atoms with Crippen LogP contribution in [0.15, 0.2) is 0 Å². The highest BCUT2D eigenvalue weighted by atomic mass is 15.1. The summed E-state index contributed by atoms with van der Waals surface area (Å²) in [7, 11) is 4.26. The lowest BCUT2D eigenvalue weighted by molar-refractivity contribution is 0.250. The minimum Gasteiger partial charge on any atom is -0.329 e. The van der Waals surface area contributed by atoms with Crippen LogP contribution in [0.4, 0.5) is 0 Å². The van der Waals surface area contributed by atoms with Gasteiger partial charge in [-0.3, -0.25) is 0 Å². The molecule has 1 fully saturated rings. The zero-order valence-electron chi connectivity index (χ0n) is 8.42. The number of rotatable bonds is 4. The third-order valence-corrected chi connectivity index (χ3v) is 3.08. The number of likely N-dealkylation sites (N-methyl/N-ethyl adjacent to an activating group) is 1. The summed E-state index contributed by atoms with van der Waals surface area (Å²) in [5, 5.41) is 0. The first-order chi connectivity index (χ1) is 5.74. The lowest BCUT2D eigenvalue weighted by atomic mass is 9.98. The topological polar surface area (TPSA) is 29.3 Å². The molecule has 0 aromatic rings. The van der Waals surface area contributed by atoms with Gasteiger partial charge in [0.05, 0.1) is 0 Å². The Balaban J connectivity index is 2.26. The van der Waals surface area contributed by atoms with Crippen molar-refractivity contribution in [1.29, 1.82) is 0 Å². The maximum absolute atomic E-state index is 5.71. The van der Waals surface area contributed by atoms with Gasteiger partial charge in [-0.25, -0.2) is 0 Å². The summed E-state index contributed by atoms with van der Waals surface area (Å²) in [5.41, 5.74) is 5.71. The Hall–Kier alpha value is -0.0800. The average Bonchev–Trinajstić information content (AvgIpc) is 2.51. The van der Waals surface area contributed by atoms with Crippen molar-refractivity contribution in [3.63, 3.8) is 0 Å². The van der Waals surface area contributed by atoms with Crippen LogP contribution in [0.25, 0.3) is 0 Å². The van der Waals surface area contributed by atoms with Gasteiger partial charge in [-0.1, -0.05) is 25.7 Å². The Morgan fingerprint density at radius 3 is 2.33 bits per heavy atom. The highest BCUT2D eigenvalue weighted by Gasteiger charge is 2.20. The van der Waals surface area contributed by atoms with Crippen LogP contribution < -0.4 is 5.73 Å². The Labute approximate surface area is 76.1 Å². The fourth-order valence-corrected chi connectivity index (χ4v) is 2.15. The fourth-order valence-electron chi connectivity index (χ4n) is 2.15. The standard InChI is InChI=1S/C10H22N2/c1-12(2)10(8-11)7-9-5-3-4-6-9/h9-10H,3-8,11H2,1-2H3. The van der Waals surface area contributed by atoms with Crippen LogP contribution in [0.5, 0.6) is 0 Å². The molecule has 12 heavy (non-hydrogen) atoms. The Kier molecular flexibility index (Phi) is 4.02. The van der Waals surface area contributed by atoms with Gasteiger partial charge in [0.25, 0.3) is 0 Å². The van der Waals surface area contributed by atoms with E-state index in [1.165, 1.54) is 32.1 Å². The second-order valence-corrected chi connectivity index (χ2v) is 4.24. The third-order valence-electron chi connectivity index (χ3n) is 3.08. The van der Waals surface area contributed by atoms with Crippen LogP contribution in [-0.4, -0.2) is 31.6 Å². The zero-order chi connectivity index (χ0) is 8.97. The highest BCUT2D eigenvalue weighted by Crippen LogP contribution is 2.29. The zero-order valence-corrected chi connectivity index (χ0v) is 8.42. The van der Waals surface area contributed by atoms with E-state index in [9.17, 15) is 0 Å². The summed E-state index contributed by atoms with van der Waals surface area (Å²) in [6.07, 6.45) is 7.06. The minimum atomic E-state index is 0.605. The molecule has 1 atom stereocenters. The number of hydrogen-bond donors (Lipinski definition) is 1. The molecule has 2 nitrogen and oxygen atoms in total. The van der Waals surface area contributed by atoms with E-state index in [0.29, 0.717) is 6.04 Å². The molecule has 72 valence electrons. The summed E-state index contributed by atoms with van der Waals surface area (Å²) in [6, 6.07) is 0.605. The van der Waals surface area contributed by atoms with Crippen LogP contribution in [-0.2, 0) is 0 Å². The molecule has 1 saturated carbocycles. The van der Waals surface area contributed by atoms with E-state index in [1.807, 2.05) is 0 Å². The van der Waals surface area contributed by atoms with E-state index in [-0.39, 0.29) is 0 Å². The van der Waals surface area contributed by atoms with Gasteiger partial charge in [-0.05, 0) is 26.4 Å². The molecule has 0 aliphatic heterocycles. The molecule has 0 bridgehead atoms. The largest absolute Gasteiger partial charge is 0.329 e. The second kappa shape index (κ2) is 4.83. The SMILES string of the molecule is CN(C)C(CN)CC1CCCC1. The maximum atomic E-state index is 5.71. The summed E-state index contributed by atoms with van der Waals surface area (Å²) in [5.74, 6) is 0.959. The molecule has 0 radical (unpaired) electrons. The van der Waals surface area contributed by atoms with E-state index < -0.39 is 0 Å². The number of nitrogens with zero attached hydrogens (tertiary/aromatic N) is 1. The molecule has 0 aromatic carbocycles. The molecule has 1 aliphatic carbocycles. The molecule has 1 aliphatic rings. The van der Waals surface area contributed by atoms with Crippen molar-refractivity contribution in [2.75, 3.05) is 20.6 Å². The predicted molar refractivity (Wildman–Crippen MR) is 53.1 cm³/mol. The van der Waals surface area contributed by atoms with Crippen molar-refractivity contribution < 1.29 is 0 Å². The normalized spacial score (nSPS) is 22.0. The fraction of sp³-hybridized carbons (Fsp3) is 1.00. The van der Waals surface area contributed by atoms with Crippen molar-refractivity contribution in [3.8, 4) is 0 Å². The van der Waals surface area contributed by atoms with Gasteiger partial charge in [0.2, 0.25) is 0 Å². The van der Waals surface area contributed by atoms with E-state index in [1.54, 1.807) is 0 Å². The highest BCUT2D eigenvalue weighted by molar-refractivity contribution is 4.75. The van der Waals surface area contributed by atoms with Crippen molar-refractivity contribution in [3.05, 3.63) is 0 Å². The molecule has 0 spiro atoms. The van der Waals surface area contributed by atoms with E-state index >= 15 is 0 Å². The lowest BCUT2D eigenvalue weighted by Crippen LogP contribution is -2.36. The first kappa shape index (κ1) is 10.0. The Morgan fingerprint density at radius 2 is 1.92 bits per heavy atom. The summed E-state index contributed by atoms with van der Waals surface area (Å²) in [4.78, 5) is 2.26. The van der Waals surface area contributed by atoms with Crippen LogP contribution in [0.2, 0.25) is 0 Å². The number of hydrogen-bond acceptors (Lipinski definition) is 2. The molecule has 2 heteroatoms. The van der Waals surface area contributed by atoms with Crippen molar-refractivity contribution in [2.45, 2.75) is 38.1 Å². The minimum absolute atomic E-state index is 0.605.